The van der Waals surface area contributed by atoms with E-state index in [1.807, 2.05) is 17.5 Å². The topological polar surface area (TPSA) is 62.6 Å². The minimum atomic E-state index is -0.583. The van der Waals surface area contributed by atoms with Crippen molar-refractivity contribution in [1.29, 1.82) is 0 Å². The Morgan fingerprint density at radius 1 is 1.45 bits per heavy atom. The van der Waals surface area contributed by atoms with Gasteiger partial charge in [0.05, 0.1) is 0 Å². The van der Waals surface area contributed by atoms with Crippen molar-refractivity contribution in [2.75, 3.05) is 13.1 Å². The molecule has 2 amide bonds. The molecule has 3 heterocycles. The predicted octanol–water partition coefficient (Wildman–Crippen LogP) is 2.42. The van der Waals surface area contributed by atoms with Gasteiger partial charge in [0, 0.05) is 18.0 Å². The highest BCUT2D eigenvalue weighted by molar-refractivity contribution is 9.10. The summed E-state index contributed by atoms with van der Waals surface area (Å²) in [6, 6.07) is 6.41. The molecular formula is C13H11BrN2O3S. The number of hydrogen-bond donors (Lipinski definition) is 1. The molecule has 0 aliphatic carbocycles. The zero-order valence-corrected chi connectivity index (χ0v) is 12.7. The second-order valence-electron chi connectivity index (χ2n) is 4.31. The lowest BCUT2D eigenvalue weighted by Gasteiger charge is -2.33. The van der Waals surface area contributed by atoms with Crippen molar-refractivity contribution in [3.63, 3.8) is 0 Å². The number of nitrogens with one attached hydrogen (secondary N) is 1. The van der Waals surface area contributed by atoms with Crippen molar-refractivity contribution < 1.29 is 14.0 Å². The van der Waals surface area contributed by atoms with Crippen LogP contribution in [0.3, 0.4) is 0 Å². The average molecular weight is 355 g/mol. The maximum Gasteiger partial charge on any atom is 0.290 e. The smallest absolute Gasteiger partial charge is 0.290 e. The van der Waals surface area contributed by atoms with Gasteiger partial charge in [0.15, 0.2) is 10.4 Å². The second kappa shape index (κ2) is 5.41. The van der Waals surface area contributed by atoms with Crippen molar-refractivity contribution in [1.82, 2.24) is 10.2 Å². The van der Waals surface area contributed by atoms with Gasteiger partial charge in [-0.1, -0.05) is 6.07 Å². The van der Waals surface area contributed by atoms with Crippen LogP contribution in [0.4, 0.5) is 0 Å². The van der Waals surface area contributed by atoms with E-state index in [1.165, 1.54) is 11.3 Å². The van der Waals surface area contributed by atoms with Crippen molar-refractivity contribution in [3.05, 3.63) is 45.0 Å². The molecule has 0 radical (unpaired) electrons. The monoisotopic (exact) mass is 354 g/mol. The van der Waals surface area contributed by atoms with E-state index in [9.17, 15) is 9.59 Å². The van der Waals surface area contributed by atoms with E-state index in [-0.39, 0.29) is 17.6 Å². The second-order valence-corrected chi connectivity index (χ2v) is 6.07. The maximum atomic E-state index is 12.5. The van der Waals surface area contributed by atoms with Crippen LogP contribution in [0, 0.1) is 0 Å². The molecule has 3 rings (SSSR count). The molecule has 104 valence electrons. The Bertz CT molecular complexity index is 638. The van der Waals surface area contributed by atoms with Crippen LogP contribution in [-0.2, 0) is 4.79 Å². The summed E-state index contributed by atoms with van der Waals surface area (Å²) in [4.78, 5) is 27.0. The van der Waals surface area contributed by atoms with Gasteiger partial charge in [-0.15, -0.1) is 11.3 Å². The van der Waals surface area contributed by atoms with Gasteiger partial charge >= 0.3 is 0 Å². The standard InChI is InChI=1S/C13H11BrN2O3S/c14-10-4-3-8(19-10)13(18)16-6-5-15-12(17)11(16)9-2-1-7-20-9/h1-4,7,11H,5-6H2,(H,15,17)/t11-/m0/s1. The highest BCUT2D eigenvalue weighted by atomic mass is 79.9. The van der Waals surface area contributed by atoms with Gasteiger partial charge in [0.25, 0.3) is 5.91 Å². The van der Waals surface area contributed by atoms with Crippen LogP contribution in [0.25, 0.3) is 0 Å². The Hall–Kier alpha value is -1.60. The van der Waals surface area contributed by atoms with E-state index in [0.717, 1.165) is 4.88 Å². The van der Waals surface area contributed by atoms with Crippen LogP contribution in [0.1, 0.15) is 21.5 Å². The third-order valence-corrected chi connectivity index (χ3v) is 4.42. The van der Waals surface area contributed by atoms with Gasteiger partial charge in [0.1, 0.15) is 6.04 Å². The highest BCUT2D eigenvalue weighted by Gasteiger charge is 2.36. The van der Waals surface area contributed by atoms with Crippen LogP contribution >= 0.6 is 27.3 Å². The summed E-state index contributed by atoms with van der Waals surface area (Å²) in [5, 5.41) is 4.69. The fraction of sp³-hybridized carbons (Fsp3) is 0.231. The number of nitrogens with zero attached hydrogens (tertiary/aromatic N) is 1. The Kier molecular flexibility index (Phi) is 3.62. The molecule has 0 aromatic carbocycles. The van der Waals surface area contributed by atoms with E-state index in [2.05, 4.69) is 21.2 Å². The number of rotatable bonds is 2. The van der Waals surface area contributed by atoms with Crippen LogP contribution in [0.15, 0.2) is 38.7 Å². The average Bonchev–Trinajstić information content (AvgIpc) is 3.09. The molecule has 2 aromatic rings. The first-order valence-corrected chi connectivity index (χ1v) is 7.71. The zero-order valence-electron chi connectivity index (χ0n) is 10.3. The number of carbonyl (C=O) groups excluding carboxylic acids is 2. The normalized spacial score (nSPS) is 18.9. The van der Waals surface area contributed by atoms with E-state index in [0.29, 0.717) is 17.8 Å². The first kappa shape index (κ1) is 13.4. The van der Waals surface area contributed by atoms with Gasteiger partial charge in [-0.3, -0.25) is 9.59 Å². The SMILES string of the molecule is O=C1NCCN(C(=O)c2ccc(Br)o2)[C@H]1c1cccs1. The van der Waals surface area contributed by atoms with E-state index in [1.54, 1.807) is 17.0 Å². The molecule has 1 aliphatic rings. The number of thiophene rings is 1. The summed E-state index contributed by atoms with van der Waals surface area (Å²) < 4.78 is 5.79. The summed E-state index contributed by atoms with van der Waals surface area (Å²) in [5.41, 5.74) is 0. The minimum absolute atomic E-state index is 0.155. The molecule has 1 saturated heterocycles. The van der Waals surface area contributed by atoms with Crippen molar-refractivity contribution in [2.24, 2.45) is 0 Å². The Labute approximate surface area is 127 Å². The van der Waals surface area contributed by atoms with Gasteiger partial charge < -0.3 is 14.6 Å². The Balaban J connectivity index is 1.93. The van der Waals surface area contributed by atoms with Crippen molar-refractivity contribution in [2.45, 2.75) is 6.04 Å². The molecule has 0 bridgehead atoms. The summed E-state index contributed by atoms with van der Waals surface area (Å²) in [6.45, 7) is 0.916. The minimum Gasteiger partial charge on any atom is -0.444 e. The summed E-state index contributed by atoms with van der Waals surface area (Å²) in [7, 11) is 0. The van der Waals surface area contributed by atoms with Crippen LogP contribution in [0.5, 0.6) is 0 Å². The number of piperazine rings is 1. The van der Waals surface area contributed by atoms with Crippen molar-refractivity contribution in [3.8, 4) is 0 Å². The number of hydrogen-bond acceptors (Lipinski definition) is 4. The van der Waals surface area contributed by atoms with Gasteiger partial charge in [-0.25, -0.2) is 0 Å². The molecule has 0 spiro atoms. The highest BCUT2D eigenvalue weighted by Crippen LogP contribution is 2.29. The molecule has 7 heteroatoms. The number of halogens is 1. The molecule has 1 fully saturated rings. The van der Waals surface area contributed by atoms with Crippen molar-refractivity contribution >= 4 is 39.1 Å². The van der Waals surface area contributed by atoms with Gasteiger partial charge in [-0.05, 0) is 39.5 Å². The zero-order chi connectivity index (χ0) is 14.1. The fourth-order valence-corrected chi connectivity index (χ4v) is 3.33. The lowest BCUT2D eigenvalue weighted by molar-refractivity contribution is -0.128. The summed E-state index contributed by atoms with van der Waals surface area (Å²) in [6.07, 6.45) is 0. The maximum absolute atomic E-state index is 12.5. The third kappa shape index (κ3) is 2.38. The third-order valence-electron chi connectivity index (χ3n) is 3.07. The predicted molar refractivity (Wildman–Crippen MR) is 77.5 cm³/mol. The number of carbonyl (C=O) groups is 2. The van der Waals surface area contributed by atoms with Crippen LogP contribution < -0.4 is 5.32 Å². The van der Waals surface area contributed by atoms with Crippen LogP contribution in [-0.4, -0.2) is 29.8 Å². The Morgan fingerprint density at radius 2 is 2.30 bits per heavy atom. The van der Waals surface area contributed by atoms with E-state index < -0.39 is 6.04 Å². The lowest BCUT2D eigenvalue weighted by Crippen LogP contribution is -2.51. The molecule has 2 aromatic heterocycles. The Morgan fingerprint density at radius 3 is 2.95 bits per heavy atom. The van der Waals surface area contributed by atoms with E-state index >= 15 is 0 Å². The molecule has 20 heavy (non-hydrogen) atoms. The molecule has 0 saturated carbocycles. The number of furan rings is 1. The molecule has 1 N–H and O–H groups in total. The quantitative estimate of drug-likeness (QED) is 0.900. The lowest BCUT2D eigenvalue weighted by atomic mass is 10.1. The van der Waals surface area contributed by atoms with Gasteiger partial charge in [-0.2, -0.15) is 0 Å². The van der Waals surface area contributed by atoms with E-state index in [4.69, 9.17) is 4.42 Å². The molecule has 1 atom stereocenters. The molecular weight excluding hydrogens is 344 g/mol. The molecule has 1 aliphatic heterocycles. The summed E-state index contributed by atoms with van der Waals surface area (Å²) >= 11 is 4.64. The first-order valence-electron chi connectivity index (χ1n) is 6.04. The first-order chi connectivity index (χ1) is 9.66. The summed E-state index contributed by atoms with van der Waals surface area (Å²) in [5.74, 6) is -0.199. The van der Waals surface area contributed by atoms with Gasteiger partial charge in [0.2, 0.25) is 5.91 Å². The molecule has 0 unspecified atom stereocenters. The van der Waals surface area contributed by atoms with Crippen LogP contribution in [0.2, 0.25) is 0 Å². The largest absolute Gasteiger partial charge is 0.444 e. The molecule has 5 nitrogen and oxygen atoms in total. The fourth-order valence-electron chi connectivity index (χ4n) is 2.19. The number of amides is 2.